The number of carbonyl (C=O) groups is 2. The number of aromatic nitrogens is 1. The minimum atomic E-state index is -1.01. The number of aliphatic carboxylic acids is 1. The molecule has 20 heavy (non-hydrogen) atoms. The predicted octanol–water partition coefficient (Wildman–Crippen LogP) is 1.82. The Labute approximate surface area is 124 Å². The molecule has 5 nitrogen and oxygen atoms in total. The summed E-state index contributed by atoms with van der Waals surface area (Å²) in [7, 11) is 0. The third-order valence-corrected chi connectivity index (χ3v) is 5.47. The number of amides is 1. The Morgan fingerprint density at radius 2 is 2.40 bits per heavy atom. The van der Waals surface area contributed by atoms with E-state index in [1.165, 1.54) is 16.7 Å². The number of hydrogen-bond acceptors (Lipinski definition) is 5. The number of hydrogen-bond donors (Lipinski definition) is 1. The van der Waals surface area contributed by atoms with E-state index < -0.39 is 5.97 Å². The Hall–Kier alpha value is -1.47. The molecule has 1 amide bonds. The second kappa shape index (κ2) is 5.49. The van der Waals surface area contributed by atoms with Gasteiger partial charge in [-0.05, 0) is 17.7 Å². The van der Waals surface area contributed by atoms with Crippen LogP contribution in [0.25, 0.3) is 0 Å². The molecule has 1 aromatic heterocycles. The maximum absolute atomic E-state index is 11.6. The Morgan fingerprint density at radius 1 is 1.55 bits per heavy atom. The molecule has 3 rings (SSSR count). The van der Waals surface area contributed by atoms with Crippen LogP contribution in [0.1, 0.15) is 6.42 Å². The maximum Gasteiger partial charge on any atom is 0.352 e. The summed E-state index contributed by atoms with van der Waals surface area (Å²) in [4.78, 5) is 28.6. The van der Waals surface area contributed by atoms with Crippen molar-refractivity contribution >= 4 is 35.4 Å². The Morgan fingerprint density at radius 3 is 3.05 bits per heavy atom. The number of nitrogens with zero attached hydrogens (tertiary/aromatic N) is 2. The highest BCUT2D eigenvalue weighted by Crippen LogP contribution is 2.40. The van der Waals surface area contributed by atoms with Crippen LogP contribution in [0.15, 0.2) is 40.7 Å². The van der Waals surface area contributed by atoms with Gasteiger partial charge in [-0.15, -0.1) is 23.5 Å². The zero-order valence-electron chi connectivity index (χ0n) is 10.5. The van der Waals surface area contributed by atoms with Crippen molar-refractivity contribution in [1.29, 1.82) is 0 Å². The summed E-state index contributed by atoms with van der Waals surface area (Å²) in [5.41, 5.74) is 0.968. The van der Waals surface area contributed by atoms with E-state index in [0.29, 0.717) is 17.9 Å². The number of β-lactam (4-membered cyclic amide) rings is 1. The lowest BCUT2D eigenvalue weighted by molar-refractivity contribution is -0.146. The SMILES string of the molecule is O=C(O)C1=C(CSc2ccccn2)CS[C@@H]2CC(=O)N12. The fourth-order valence-corrected chi connectivity index (χ4v) is 4.45. The van der Waals surface area contributed by atoms with Crippen LogP contribution in [-0.2, 0) is 9.59 Å². The average molecular weight is 308 g/mol. The fraction of sp³-hybridized carbons (Fsp3) is 0.308. The Kier molecular flexibility index (Phi) is 3.71. The van der Waals surface area contributed by atoms with E-state index in [2.05, 4.69) is 4.98 Å². The van der Waals surface area contributed by atoms with Gasteiger partial charge < -0.3 is 5.11 Å². The van der Waals surface area contributed by atoms with Crippen LogP contribution < -0.4 is 0 Å². The number of pyridine rings is 1. The molecule has 0 unspecified atom stereocenters. The van der Waals surface area contributed by atoms with E-state index in [1.54, 1.807) is 18.0 Å². The summed E-state index contributed by atoms with van der Waals surface area (Å²) in [6.45, 7) is 0. The van der Waals surface area contributed by atoms with Crippen molar-refractivity contribution in [3.63, 3.8) is 0 Å². The lowest BCUT2D eigenvalue weighted by Gasteiger charge is -2.43. The smallest absolute Gasteiger partial charge is 0.352 e. The maximum atomic E-state index is 11.6. The van der Waals surface area contributed by atoms with Crippen molar-refractivity contribution < 1.29 is 14.7 Å². The molecule has 0 bridgehead atoms. The third kappa shape index (κ3) is 2.43. The van der Waals surface area contributed by atoms with Crippen molar-refractivity contribution in [3.05, 3.63) is 35.7 Å². The van der Waals surface area contributed by atoms with Crippen LogP contribution in [0.2, 0.25) is 0 Å². The van der Waals surface area contributed by atoms with Crippen molar-refractivity contribution in [3.8, 4) is 0 Å². The van der Waals surface area contributed by atoms with Crippen molar-refractivity contribution in [1.82, 2.24) is 9.88 Å². The molecule has 7 heteroatoms. The zero-order valence-corrected chi connectivity index (χ0v) is 12.1. The Balaban J connectivity index is 1.80. The lowest BCUT2D eigenvalue weighted by atomic mass is 10.1. The van der Waals surface area contributed by atoms with Crippen LogP contribution in [0.5, 0.6) is 0 Å². The summed E-state index contributed by atoms with van der Waals surface area (Å²) in [6.07, 6.45) is 2.15. The number of carboxylic acids is 1. The van der Waals surface area contributed by atoms with Crippen molar-refractivity contribution in [2.24, 2.45) is 0 Å². The second-order valence-electron chi connectivity index (χ2n) is 4.45. The van der Waals surface area contributed by atoms with Crippen LogP contribution in [0.4, 0.5) is 0 Å². The van der Waals surface area contributed by atoms with E-state index >= 15 is 0 Å². The molecule has 104 valence electrons. The van der Waals surface area contributed by atoms with Gasteiger partial charge in [0, 0.05) is 17.7 Å². The van der Waals surface area contributed by atoms with Crippen molar-refractivity contribution in [2.75, 3.05) is 11.5 Å². The molecule has 1 atom stereocenters. The van der Waals surface area contributed by atoms with Gasteiger partial charge in [-0.25, -0.2) is 9.78 Å². The molecule has 0 spiro atoms. The van der Waals surface area contributed by atoms with Gasteiger partial charge in [0.05, 0.1) is 16.8 Å². The molecule has 1 aromatic rings. The molecule has 0 aromatic carbocycles. The number of thioether (sulfide) groups is 2. The summed E-state index contributed by atoms with van der Waals surface area (Å²) in [5, 5.41) is 10.2. The second-order valence-corrected chi connectivity index (χ2v) is 6.61. The molecule has 0 radical (unpaired) electrons. The molecular formula is C13H12N2O3S2. The normalized spacial score (nSPS) is 21.5. The van der Waals surface area contributed by atoms with E-state index in [0.717, 1.165) is 10.6 Å². The molecule has 0 saturated carbocycles. The lowest BCUT2D eigenvalue weighted by Crippen LogP contribution is -2.54. The molecule has 1 fully saturated rings. The minimum Gasteiger partial charge on any atom is -0.477 e. The van der Waals surface area contributed by atoms with Crippen LogP contribution >= 0.6 is 23.5 Å². The summed E-state index contributed by atoms with van der Waals surface area (Å²) in [5.74, 6) is 0.0952. The van der Waals surface area contributed by atoms with E-state index in [9.17, 15) is 14.7 Å². The van der Waals surface area contributed by atoms with E-state index in [1.807, 2.05) is 18.2 Å². The van der Waals surface area contributed by atoms with Gasteiger partial charge in [0.2, 0.25) is 5.91 Å². The van der Waals surface area contributed by atoms with E-state index in [-0.39, 0.29) is 17.0 Å². The topological polar surface area (TPSA) is 70.5 Å². The number of carboxylic acid groups (broad SMARTS) is 1. The molecule has 3 heterocycles. The first-order valence-corrected chi connectivity index (χ1v) is 8.13. The highest BCUT2D eigenvalue weighted by atomic mass is 32.2. The number of fused-ring (bicyclic) bond motifs is 1. The molecular weight excluding hydrogens is 296 g/mol. The van der Waals surface area contributed by atoms with Crippen molar-refractivity contribution in [2.45, 2.75) is 16.8 Å². The highest BCUT2D eigenvalue weighted by Gasteiger charge is 2.45. The van der Waals surface area contributed by atoms with Gasteiger partial charge in [0.25, 0.3) is 0 Å². The number of rotatable bonds is 4. The standard InChI is InChI=1S/C13H12N2O3S2/c16-10-5-11-15(10)12(13(17)18)8(7-20-11)6-19-9-3-1-2-4-14-9/h1-4,11H,5-7H2,(H,17,18)/t11-/m1/s1. The predicted molar refractivity (Wildman–Crippen MR) is 77.3 cm³/mol. The molecule has 1 N–H and O–H groups in total. The molecule has 2 aliphatic rings. The quantitative estimate of drug-likeness (QED) is 0.676. The molecule has 0 aliphatic carbocycles. The third-order valence-electron chi connectivity index (χ3n) is 3.17. The highest BCUT2D eigenvalue weighted by molar-refractivity contribution is 8.01. The van der Waals surface area contributed by atoms with Gasteiger partial charge in [-0.1, -0.05) is 6.07 Å². The molecule has 2 aliphatic heterocycles. The Bertz CT molecular complexity index is 589. The van der Waals surface area contributed by atoms with Gasteiger partial charge in [0.15, 0.2) is 0 Å². The summed E-state index contributed by atoms with van der Waals surface area (Å²) in [6, 6.07) is 5.62. The van der Waals surface area contributed by atoms with Gasteiger partial charge in [0.1, 0.15) is 5.70 Å². The number of carbonyl (C=O) groups excluding carboxylic acids is 1. The average Bonchev–Trinajstić information content (AvgIpc) is 2.45. The summed E-state index contributed by atoms with van der Waals surface area (Å²) >= 11 is 3.12. The van der Waals surface area contributed by atoms with Crippen LogP contribution in [0, 0.1) is 0 Å². The van der Waals surface area contributed by atoms with E-state index in [4.69, 9.17) is 0 Å². The minimum absolute atomic E-state index is 0.0113. The largest absolute Gasteiger partial charge is 0.477 e. The fourth-order valence-electron chi connectivity index (χ4n) is 2.18. The monoisotopic (exact) mass is 308 g/mol. The van der Waals surface area contributed by atoms with Gasteiger partial charge >= 0.3 is 5.97 Å². The van der Waals surface area contributed by atoms with Gasteiger partial charge in [-0.2, -0.15) is 0 Å². The zero-order chi connectivity index (χ0) is 14.1. The first kappa shape index (κ1) is 13.5. The van der Waals surface area contributed by atoms with Gasteiger partial charge in [-0.3, -0.25) is 9.69 Å². The summed E-state index contributed by atoms with van der Waals surface area (Å²) < 4.78 is 0. The molecule has 1 saturated heterocycles. The first-order valence-electron chi connectivity index (χ1n) is 6.09. The van der Waals surface area contributed by atoms with Crippen LogP contribution in [-0.4, -0.2) is 43.7 Å². The van der Waals surface area contributed by atoms with Crippen LogP contribution in [0.3, 0.4) is 0 Å². The first-order chi connectivity index (χ1) is 9.66.